The van der Waals surface area contributed by atoms with Gasteiger partial charge < -0.3 is 18.2 Å². The summed E-state index contributed by atoms with van der Waals surface area (Å²) in [5.74, 6) is 0.301. The highest BCUT2D eigenvalue weighted by Gasteiger charge is 2.36. The van der Waals surface area contributed by atoms with E-state index in [9.17, 15) is 4.79 Å². The van der Waals surface area contributed by atoms with Crippen LogP contribution in [0.3, 0.4) is 0 Å². The molecule has 1 rings (SSSR count). The number of hydrogen-bond acceptors (Lipinski definition) is 4. The van der Waals surface area contributed by atoms with E-state index in [0.717, 1.165) is 44.8 Å². The van der Waals surface area contributed by atoms with E-state index in [1.54, 1.807) is 21.3 Å². The lowest BCUT2D eigenvalue weighted by molar-refractivity contribution is -0.133. The minimum Gasteiger partial charge on any atom is -0.377 e. The number of rotatable bonds is 8. The fourth-order valence-corrected chi connectivity index (χ4v) is 4.09. The number of carbonyl (C=O) groups excluding carboxylic acids is 1. The van der Waals surface area contributed by atoms with Crippen molar-refractivity contribution in [2.45, 2.75) is 38.1 Å². The highest BCUT2D eigenvalue weighted by Crippen LogP contribution is 2.17. The van der Waals surface area contributed by atoms with Crippen molar-refractivity contribution in [3.05, 3.63) is 0 Å². The number of unbranched alkanes of at least 4 members (excludes halogenated alkanes) is 1. The van der Waals surface area contributed by atoms with Crippen molar-refractivity contribution >= 4 is 14.7 Å². The van der Waals surface area contributed by atoms with E-state index in [0.29, 0.717) is 12.3 Å². The van der Waals surface area contributed by atoms with Crippen molar-refractivity contribution in [1.82, 2.24) is 4.90 Å². The maximum absolute atomic E-state index is 11.6. The molecule has 0 spiro atoms. The van der Waals surface area contributed by atoms with E-state index >= 15 is 0 Å². The quantitative estimate of drug-likeness (QED) is 0.499. The largest absolute Gasteiger partial charge is 0.500 e. The molecule has 18 heavy (non-hydrogen) atoms. The van der Waals surface area contributed by atoms with Crippen LogP contribution in [-0.2, 0) is 18.1 Å². The Morgan fingerprint density at radius 1 is 1.11 bits per heavy atom. The van der Waals surface area contributed by atoms with Crippen LogP contribution in [0.4, 0.5) is 0 Å². The Morgan fingerprint density at radius 3 is 2.33 bits per heavy atom. The molecule has 0 N–H and O–H groups in total. The summed E-state index contributed by atoms with van der Waals surface area (Å²) in [7, 11) is 2.47. The average molecular weight is 275 g/mol. The van der Waals surface area contributed by atoms with Crippen molar-refractivity contribution < 1.29 is 18.1 Å². The molecule has 0 unspecified atom stereocenters. The highest BCUT2D eigenvalue weighted by atomic mass is 28.4. The maximum atomic E-state index is 11.6. The van der Waals surface area contributed by atoms with Crippen LogP contribution < -0.4 is 0 Å². The second kappa shape index (κ2) is 7.88. The van der Waals surface area contributed by atoms with Gasteiger partial charge in [-0.1, -0.05) is 0 Å². The summed E-state index contributed by atoms with van der Waals surface area (Å²) in [6.07, 6.45) is 4.84. The smallest absolute Gasteiger partial charge is 0.377 e. The zero-order chi connectivity index (χ0) is 13.4. The number of likely N-dealkylation sites (tertiary alicyclic amines) is 1. The van der Waals surface area contributed by atoms with Crippen LogP contribution in [0.15, 0.2) is 0 Å². The Balaban J connectivity index is 2.23. The van der Waals surface area contributed by atoms with E-state index in [4.69, 9.17) is 13.3 Å². The summed E-state index contributed by atoms with van der Waals surface area (Å²) < 4.78 is 16.1. The van der Waals surface area contributed by atoms with Crippen molar-refractivity contribution in [2.24, 2.45) is 0 Å². The summed E-state index contributed by atoms with van der Waals surface area (Å²) in [4.78, 5) is 13.6. The number of hydrogen-bond donors (Lipinski definition) is 0. The molecule has 1 aliphatic rings. The van der Waals surface area contributed by atoms with Gasteiger partial charge in [0, 0.05) is 46.9 Å². The molecule has 106 valence electrons. The number of carbonyl (C=O) groups is 1. The molecule has 0 aromatic carbocycles. The van der Waals surface area contributed by atoms with E-state index < -0.39 is 8.80 Å². The molecule has 0 saturated carbocycles. The standard InChI is InChI=1S/C12H25NO4Si/c1-15-18(16-2,17-3)11-7-6-10-13-9-5-4-8-12(13)14/h4-11H2,1-3H3. The fraction of sp³-hybridized carbons (Fsp3) is 0.917. The molecular weight excluding hydrogens is 250 g/mol. The lowest BCUT2D eigenvalue weighted by Gasteiger charge is -2.27. The second-order valence-electron chi connectivity index (χ2n) is 4.59. The lowest BCUT2D eigenvalue weighted by Crippen LogP contribution is -2.42. The minimum atomic E-state index is -2.42. The minimum absolute atomic E-state index is 0.301. The van der Waals surface area contributed by atoms with Gasteiger partial charge in [0.05, 0.1) is 0 Å². The topological polar surface area (TPSA) is 48.0 Å². The summed E-state index contributed by atoms with van der Waals surface area (Å²) >= 11 is 0. The molecule has 0 aromatic heterocycles. The Morgan fingerprint density at radius 2 is 1.78 bits per heavy atom. The molecule has 1 aliphatic heterocycles. The zero-order valence-corrected chi connectivity index (χ0v) is 12.7. The van der Waals surface area contributed by atoms with Gasteiger partial charge >= 0.3 is 8.80 Å². The lowest BCUT2D eigenvalue weighted by atomic mass is 10.1. The van der Waals surface area contributed by atoms with Crippen LogP contribution >= 0.6 is 0 Å². The molecular formula is C12H25NO4Si. The summed E-state index contributed by atoms with van der Waals surface area (Å²) in [5, 5.41) is 0. The van der Waals surface area contributed by atoms with Crippen LogP contribution in [0.25, 0.3) is 0 Å². The number of nitrogens with zero attached hydrogens (tertiary/aromatic N) is 1. The molecule has 1 fully saturated rings. The molecule has 5 nitrogen and oxygen atoms in total. The van der Waals surface area contributed by atoms with Gasteiger partial charge in [0.15, 0.2) is 0 Å². The van der Waals surface area contributed by atoms with Crippen LogP contribution in [0, 0.1) is 0 Å². The summed E-state index contributed by atoms with van der Waals surface area (Å²) in [5.41, 5.74) is 0. The molecule has 1 heterocycles. The first-order valence-electron chi connectivity index (χ1n) is 6.60. The fourth-order valence-electron chi connectivity index (χ4n) is 2.30. The molecule has 1 amide bonds. The van der Waals surface area contributed by atoms with Crippen LogP contribution in [-0.4, -0.2) is 54.0 Å². The SMILES string of the molecule is CO[Si](CCCCN1CCCCC1=O)(OC)OC. The van der Waals surface area contributed by atoms with Gasteiger partial charge in [-0.25, -0.2) is 0 Å². The van der Waals surface area contributed by atoms with Gasteiger partial charge in [0.25, 0.3) is 0 Å². The van der Waals surface area contributed by atoms with Crippen LogP contribution in [0.1, 0.15) is 32.1 Å². The van der Waals surface area contributed by atoms with Gasteiger partial charge in [0.2, 0.25) is 5.91 Å². The second-order valence-corrected chi connectivity index (χ2v) is 7.68. The summed E-state index contributed by atoms with van der Waals surface area (Å²) in [6, 6.07) is 0.804. The first-order chi connectivity index (χ1) is 8.67. The monoisotopic (exact) mass is 275 g/mol. The first kappa shape index (κ1) is 15.6. The van der Waals surface area contributed by atoms with Crippen molar-refractivity contribution in [2.75, 3.05) is 34.4 Å². The van der Waals surface area contributed by atoms with E-state index in [-0.39, 0.29) is 0 Å². The van der Waals surface area contributed by atoms with Gasteiger partial charge in [-0.3, -0.25) is 4.79 Å². The zero-order valence-electron chi connectivity index (χ0n) is 11.7. The Labute approximate surface area is 111 Å². The predicted molar refractivity (Wildman–Crippen MR) is 71.3 cm³/mol. The van der Waals surface area contributed by atoms with Gasteiger partial charge in [-0.15, -0.1) is 0 Å². The van der Waals surface area contributed by atoms with Crippen molar-refractivity contribution in [3.8, 4) is 0 Å². The predicted octanol–water partition coefficient (Wildman–Crippen LogP) is 1.66. The van der Waals surface area contributed by atoms with E-state index in [2.05, 4.69) is 0 Å². The maximum Gasteiger partial charge on any atom is 0.500 e. The van der Waals surface area contributed by atoms with Gasteiger partial charge in [0.1, 0.15) is 0 Å². The third kappa shape index (κ3) is 4.35. The molecule has 0 bridgehead atoms. The Kier molecular flexibility index (Phi) is 6.84. The van der Waals surface area contributed by atoms with Gasteiger partial charge in [-0.2, -0.15) is 0 Å². The molecule has 1 saturated heterocycles. The molecule has 0 aromatic rings. The van der Waals surface area contributed by atoms with E-state index in [1.807, 2.05) is 4.90 Å². The Bertz CT molecular complexity index is 250. The van der Waals surface area contributed by atoms with Gasteiger partial charge in [-0.05, 0) is 25.7 Å². The average Bonchev–Trinajstić information content (AvgIpc) is 2.42. The van der Waals surface area contributed by atoms with Crippen LogP contribution in [0.5, 0.6) is 0 Å². The normalized spacial score (nSPS) is 17.3. The molecule has 0 radical (unpaired) electrons. The molecule has 6 heteroatoms. The Hall–Kier alpha value is -0.433. The van der Waals surface area contributed by atoms with Crippen LogP contribution in [0.2, 0.25) is 6.04 Å². The highest BCUT2D eigenvalue weighted by molar-refractivity contribution is 6.60. The number of amides is 1. The van der Waals surface area contributed by atoms with Crippen molar-refractivity contribution in [3.63, 3.8) is 0 Å². The number of piperidine rings is 1. The molecule has 0 aliphatic carbocycles. The van der Waals surface area contributed by atoms with E-state index in [1.165, 1.54) is 0 Å². The summed E-state index contributed by atoms with van der Waals surface area (Å²) in [6.45, 7) is 1.76. The van der Waals surface area contributed by atoms with Crippen molar-refractivity contribution in [1.29, 1.82) is 0 Å². The molecule has 0 atom stereocenters. The first-order valence-corrected chi connectivity index (χ1v) is 8.54. The third-order valence-electron chi connectivity index (χ3n) is 3.52. The third-order valence-corrected chi connectivity index (χ3v) is 6.35.